The van der Waals surface area contributed by atoms with Crippen molar-refractivity contribution in [2.24, 2.45) is 0 Å². The Kier molecular flexibility index (Phi) is 4.41. The number of carboxylic acid groups (broad SMARTS) is 1. The second kappa shape index (κ2) is 6.06. The molecule has 20 heavy (non-hydrogen) atoms. The predicted octanol–water partition coefficient (Wildman–Crippen LogP) is 2.42. The zero-order valence-corrected chi connectivity index (χ0v) is 12.1. The van der Waals surface area contributed by atoms with Gasteiger partial charge < -0.3 is 5.11 Å². The topological polar surface area (TPSA) is 74.7 Å². The molecule has 0 radical (unpaired) electrons. The molecule has 0 atom stereocenters. The summed E-state index contributed by atoms with van der Waals surface area (Å²) in [6, 6.07) is 11.7. The molecular weight excluding hydrogens is 298 g/mol. The van der Waals surface area contributed by atoms with Gasteiger partial charge in [-0.25, -0.2) is 8.42 Å². The van der Waals surface area contributed by atoms with Crippen molar-refractivity contribution in [1.29, 1.82) is 0 Å². The molecule has 0 unspecified atom stereocenters. The van der Waals surface area contributed by atoms with E-state index in [0.29, 0.717) is 5.69 Å². The number of rotatable bonds is 6. The maximum atomic E-state index is 12.5. The van der Waals surface area contributed by atoms with Gasteiger partial charge in [-0.15, -0.1) is 11.3 Å². The highest BCUT2D eigenvalue weighted by molar-refractivity contribution is 7.94. The second-order valence-electron chi connectivity index (χ2n) is 3.99. The van der Waals surface area contributed by atoms with E-state index in [4.69, 9.17) is 5.11 Å². The third kappa shape index (κ3) is 3.17. The van der Waals surface area contributed by atoms with Crippen LogP contribution < -0.4 is 4.31 Å². The fourth-order valence-electron chi connectivity index (χ4n) is 1.70. The third-order valence-corrected chi connectivity index (χ3v) is 5.81. The van der Waals surface area contributed by atoms with Crippen molar-refractivity contribution in [3.05, 3.63) is 47.8 Å². The lowest BCUT2D eigenvalue weighted by Gasteiger charge is -2.23. The molecule has 2 rings (SSSR count). The third-order valence-electron chi connectivity index (χ3n) is 2.61. The van der Waals surface area contributed by atoms with Crippen molar-refractivity contribution in [3.63, 3.8) is 0 Å². The van der Waals surface area contributed by atoms with Crippen molar-refractivity contribution in [2.45, 2.75) is 10.6 Å². The minimum Gasteiger partial charge on any atom is -0.481 e. The zero-order valence-electron chi connectivity index (χ0n) is 10.5. The fraction of sp³-hybridized carbons (Fsp3) is 0.154. The van der Waals surface area contributed by atoms with Crippen LogP contribution in [0.25, 0.3) is 0 Å². The van der Waals surface area contributed by atoms with Crippen molar-refractivity contribution in [1.82, 2.24) is 0 Å². The van der Waals surface area contributed by atoms with Crippen LogP contribution in [0.2, 0.25) is 0 Å². The first-order valence-electron chi connectivity index (χ1n) is 5.85. The summed E-state index contributed by atoms with van der Waals surface area (Å²) >= 11 is 1.11. The van der Waals surface area contributed by atoms with Crippen LogP contribution in [0.4, 0.5) is 5.69 Å². The Morgan fingerprint density at radius 3 is 2.40 bits per heavy atom. The van der Waals surface area contributed by atoms with E-state index in [1.165, 1.54) is 6.07 Å². The molecule has 0 saturated carbocycles. The summed E-state index contributed by atoms with van der Waals surface area (Å²) in [5.74, 6) is -1.03. The lowest BCUT2D eigenvalue weighted by Crippen LogP contribution is -2.32. The zero-order chi connectivity index (χ0) is 14.6. The van der Waals surface area contributed by atoms with Gasteiger partial charge in [0.1, 0.15) is 4.21 Å². The van der Waals surface area contributed by atoms with E-state index >= 15 is 0 Å². The van der Waals surface area contributed by atoms with Crippen LogP contribution >= 0.6 is 11.3 Å². The first kappa shape index (κ1) is 14.5. The second-order valence-corrected chi connectivity index (χ2v) is 7.03. The van der Waals surface area contributed by atoms with Gasteiger partial charge in [-0.1, -0.05) is 24.3 Å². The number of thiophene rings is 1. The minimum absolute atomic E-state index is 0.0976. The summed E-state index contributed by atoms with van der Waals surface area (Å²) in [6.45, 7) is -0.0976. The van der Waals surface area contributed by atoms with Crippen LogP contribution in [0.15, 0.2) is 52.1 Å². The van der Waals surface area contributed by atoms with Crippen LogP contribution in [-0.2, 0) is 14.8 Å². The Morgan fingerprint density at radius 2 is 1.85 bits per heavy atom. The number of sulfonamides is 1. The Bertz CT molecular complexity index is 666. The highest BCUT2D eigenvalue weighted by atomic mass is 32.2. The number of anilines is 1. The average Bonchev–Trinajstić information content (AvgIpc) is 2.94. The standard InChI is InChI=1S/C13H13NO4S2/c15-12(16)8-9-14(11-5-2-1-3-6-11)20(17,18)13-7-4-10-19-13/h1-7,10H,8-9H2,(H,15,16). The summed E-state index contributed by atoms with van der Waals surface area (Å²) in [4.78, 5) is 10.7. The summed E-state index contributed by atoms with van der Waals surface area (Å²) < 4.78 is 26.4. The molecular formula is C13H13NO4S2. The Labute approximate surface area is 121 Å². The van der Waals surface area contributed by atoms with Gasteiger partial charge >= 0.3 is 5.97 Å². The maximum Gasteiger partial charge on any atom is 0.305 e. The lowest BCUT2D eigenvalue weighted by molar-refractivity contribution is -0.136. The van der Waals surface area contributed by atoms with E-state index in [2.05, 4.69) is 0 Å². The number of hydrogen-bond acceptors (Lipinski definition) is 4. The normalized spacial score (nSPS) is 11.2. The molecule has 1 aromatic carbocycles. The maximum absolute atomic E-state index is 12.5. The lowest BCUT2D eigenvalue weighted by atomic mass is 10.3. The van der Waals surface area contributed by atoms with Gasteiger partial charge in [-0.3, -0.25) is 9.10 Å². The first-order valence-corrected chi connectivity index (χ1v) is 8.17. The van der Waals surface area contributed by atoms with Gasteiger partial charge in [0.05, 0.1) is 12.1 Å². The first-order chi connectivity index (χ1) is 9.51. The molecule has 0 amide bonds. The molecule has 2 aromatic rings. The van der Waals surface area contributed by atoms with E-state index in [1.54, 1.807) is 41.8 Å². The van der Waals surface area contributed by atoms with E-state index in [-0.39, 0.29) is 17.2 Å². The van der Waals surface area contributed by atoms with Gasteiger partial charge in [0.15, 0.2) is 0 Å². The number of carboxylic acids is 1. The molecule has 0 aliphatic carbocycles. The van der Waals surface area contributed by atoms with Gasteiger partial charge in [-0.2, -0.15) is 0 Å². The molecule has 1 heterocycles. The molecule has 1 aromatic heterocycles. The fourth-order valence-corrected chi connectivity index (χ4v) is 4.27. The number of para-hydroxylation sites is 1. The van der Waals surface area contributed by atoms with Crippen LogP contribution in [0.3, 0.4) is 0 Å². The monoisotopic (exact) mass is 311 g/mol. The molecule has 0 saturated heterocycles. The number of hydrogen-bond donors (Lipinski definition) is 1. The van der Waals surface area contributed by atoms with E-state index in [1.807, 2.05) is 0 Å². The van der Waals surface area contributed by atoms with Crippen LogP contribution in [0.5, 0.6) is 0 Å². The minimum atomic E-state index is -3.72. The summed E-state index contributed by atoms with van der Waals surface area (Å²) in [7, 11) is -3.72. The summed E-state index contributed by atoms with van der Waals surface area (Å²) in [5, 5.41) is 10.5. The number of aliphatic carboxylic acids is 1. The van der Waals surface area contributed by atoms with Crippen molar-refractivity contribution in [3.8, 4) is 0 Å². The summed E-state index contributed by atoms with van der Waals surface area (Å²) in [6.07, 6.45) is -0.250. The molecule has 1 N–H and O–H groups in total. The van der Waals surface area contributed by atoms with Crippen LogP contribution in [-0.4, -0.2) is 26.0 Å². The molecule has 5 nitrogen and oxygen atoms in total. The SMILES string of the molecule is O=C(O)CCN(c1ccccc1)S(=O)(=O)c1cccs1. The molecule has 0 aliphatic heterocycles. The summed E-state index contributed by atoms with van der Waals surface area (Å²) in [5.41, 5.74) is 0.460. The van der Waals surface area contributed by atoms with Gasteiger partial charge in [0.2, 0.25) is 0 Å². The molecule has 106 valence electrons. The van der Waals surface area contributed by atoms with Crippen molar-refractivity contribution < 1.29 is 18.3 Å². The Balaban J connectivity index is 2.39. The van der Waals surface area contributed by atoms with Crippen LogP contribution in [0.1, 0.15) is 6.42 Å². The Morgan fingerprint density at radius 1 is 1.15 bits per heavy atom. The number of benzene rings is 1. The molecule has 7 heteroatoms. The quantitative estimate of drug-likeness (QED) is 0.889. The van der Waals surface area contributed by atoms with E-state index in [9.17, 15) is 13.2 Å². The highest BCUT2D eigenvalue weighted by Crippen LogP contribution is 2.26. The van der Waals surface area contributed by atoms with Crippen molar-refractivity contribution in [2.75, 3.05) is 10.8 Å². The van der Waals surface area contributed by atoms with Gasteiger partial charge in [0, 0.05) is 6.54 Å². The average molecular weight is 311 g/mol. The smallest absolute Gasteiger partial charge is 0.305 e. The molecule has 0 bridgehead atoms. The van der Waals surface area contributed by atoms with E-state index < -0.39 is 16.0 Å². The number of carbonyl (C=O) groups is 1. The molecule has 0 spiro atoms. The van der Waals surface area contributed by atoms with Crippen molar-refractivity contribution >= 4 is 33.0 Å². The number of nitrogens with zero attached hydrogens (tertiary/aromatic N) is 1. The predicted molar refractivity (Wildman–Crippen MR) is 77.5 cm³/mol. The van der Waals surface area contributed by atoms with E-state index in [0.717, 1.165) is 15.6 Å². The van der Waals surface area contributed by atoms with Gasteiger partial charge in [-0.05, 0) is 23.6 Å². The largest absolute Gasteiger partial charge is 0.481 e. The van der Waals surface area contributed by atoms with Crippen LogP contribution in [0, 0.1) is 0 Å². The highest BCUT2D eigenvalue weighted by Gasteiger charge is 2.26. The van der Waals surface area contributed by atoms with Gasteiger partial charge in [0.25, 0.3) is 10.0 Å². The molecule has 0 fully saturated rings. The molecule has 0 aliphatic rings. The Hall–Kier alpha value is -1.86.